The molecule has 0 aliphatic carbocycles. The van der Waals surface area contributed by atoms with E-state index in [9.17, 15) is 14.0 Å². The van der Waals surface area contributed by atoms with Crippen molar-refractivity contribution in [3.63, 3.8) is 0 Å². The van der Waals surface area contributed by atoms with Crippen molar-refractivity contribution in [3.05, 3.63) is 106 Å². The molecular weight excluding hydrogens is 549 g/mol. The summed E-state index contributed by atoms with van der Waals surface area (Å²) in [6.45, 7) is 4.03. The standard InChI is InChI=1S/C34H34FN3O5/c1-21-18-23(43-17-7-16-38(2)20-22-12-15-29(41-3)30(19-22)42-4)13-14-28(21)36-34(40)26-10-5-8-24-31(26)37-32-25(33(24)39)9-6-11-27(32)35/h5-6,8-15,18-19H,7,16-17,20H2,1-4H3,(H,36,40)(H,37,39). The molecule has 222 valence electrons. The van der Waals surface area contributed by atoms with Gasteiger partial charge in [0.25, 0.3) is 5.91 Å². The number of aromatic nitrogens is 1. The van der Waals surface area contributed by atoms with Gasteiger partial charge >= 0.3 is 0 Å². The minimum atomic E-state index is -0.553. The Morgan fingerprint density at radius 1 is 0.930 bits per heavy atom. The number of nitrogens with zero attached hydrogens (tertiary/aromatic N) is 1. The monoisotopic (exact) mass is 583 g/mol. The van der Waals surface area contributed by atoms with Crippen molar-refractivity contribution in [1.29, 1.82) is 0 Å². The zero-order valence-electron chi connectivity index (χ0n) is 24.6. The maximum atomic E-state index is 14.5. The minimum Gasteiger partial charge on any atom is -0.494 e. The first-order chi connectivity index (χ1) is 20.8. The number of amides is 1. The first-order valence-electron chi connectivity index (χ1n) is 14.0. The molecule has 0 aliphatic rings. The van der Waals surface area contributed by atoms with Gasteiger partial charge in [0.2, 0.25) is 0 Å². The third-order valence-corrected chi connectivity index (χ3v) is 7.36. The van der Waals surface area contributed by atoms with E-state index in [1.807, 2.05) is 37.3 Å². The van der Waals surface area contributed by atoms with Gasteiger partial charge in [0.05, 0.1) is 37.4 Å². The van der Waals surface area contributed by atoms with E-state index in [1.165, 1.54) is 12.1 Å². The van der Waals surface area contributed by atoms with E-state index in [0.717, 1.165) is 30.6 Å². The van der Waals surface area contributed by atoms with Gasteiger partial charge in [0, 0.05) is 29.5 Å². The lowest BCUT2D eigenvalue weighted by Gasteiger charge is -2.18. The first kappa shape index (κ1) is 29.6. The van der Waals surface area contributed by atoms with E-state index < -0.39 is 11.7 Å². The molecule has 0 spiro atoms. The fraction of sp³-hybridized carbons (Fsp3) is 0.235. The van der Waals surface area contributed by atoms with E-state index in [2.05, 4.69) is 22.2 Å². The number of anilines is 1. The second kappa shape index (κ2) is 13.0. The van der Waals surface area contributed by atoms with Gasteiger partial charge in [-0.15, -0.1) is 0 Å². The van der Waals surface area contributed by atoms with Crippen LogP contribution in [0.25, 0.3) is 21.8 Å². The summed E-state index contributed by atoms with van der Waals surface area (Å²) in [6.07, 6.45) is 0.829. The topological polar surface area (TPSA) is 92.9 Å². The number of hydrogen-bond acceptors (Lipinski definition) is 6. The average Bonchev–Trinajstić information content (AvgIpc) is 3.01. The van der Waals surface area contributed by atoms with Gasteiger partial charge < -0.3 is 29.4 Å². The highest BCUT2D eigenvalue weighted by molar-refractivity contribution is 6.13. The number of benzene rings is 4. The maximum Gasteiger partial charge on any atom is 0.257 e. The molecule has 0 saturated carbocycles. The molecule has 0 saturated heterocycles. The Hall–Kier alpha value is -4.89. The Kier molecular flexibility index (Phi) is 8.92. The highest BCUT2D eigenvalue weighted by Gasteiger charge is 2.16. The van der Waals surface area contributed by atoms with Crippen molar-refractivity contribution < 1.29 is 23.4 Å². The number of hydrogen-bond donors (Lipinski definition) is 2. The molecule has 1 amide bonds. The number of halogens is 1. The number of carbonyl (C=O) groups is 1. The smallest absolute Gasteiger partial charge is 0.257 e. The van der Waals surface area contributed by atoms with Gasteiger partial charge in [-0.3, -0.25) is 9.59 Å². The quantitative estimate of drug-likeness (QED) is 0.140. The molecule has 0 bridgehead atoms. The Balaban J connectivity index is 1.19. The van der Waals surface area contributed by atoms with Crippen molar-refractivity contribution in [3.8, 4) is 17.2 Å². The maximum absolute atomic E-state index is 14.5. The lowest BCUT2D eigenvalue weighted by Crippen LogP contribution is -2.20. The Morgan fingerprint density at radius 2 is 1.67 bits per heavy atom. The van der Waals surface area contributed by atoms with Gasteiger partial charge in [0.15, 0.2) is 16.9 Å². The summed E-state index contributed by atoms with van der Waals surface area (Å²) in [5.74, 6) is 1.16. The molecule has 5 rings (SSSR count). The molecule has 8 nitrogen and oxygen atoms in total. The van der Waals surface area contributed by atoms with Crippen molar-refractivity contribution in [1.82, 2.24) is 9.88 Å². The van der Waals surface area contributed by atoms with Crippen LogP contribution >= 0.6 is 0 Å². The molecule has 43 heavy (non-hydrogen) atoms. The predicted octanol–water partition coefficient (Wildman–Crippen LogP) is 6.30. The Labute approximate surface area is 249 Å². The molecule has 1 aromatic heterocycles. The first-order valence-corrected chi connectivity index (χ1v) is 14.0. The SMILES string of the molecule is COc1ccc(CN(C)CCCOc2ccc(NC(=O)c3cccc4c(=O)c5cccc(F)c5[nH]c34)c(C)c2)cc1OC. The van der Waals surface area contributed by atoms with Crippen LogP contribution in [-0.2, 0) is 6.54 Å². The van der Waals surface area contributed by atoms with Crippen LogP contribution in [0.5, 0.6) is 17.2 Å². The van der Waals surface area contributed by atoms with E-state index in [1.54, 1.807) is 44.6 Å². The molecule has 0 unspecified atom stereocenters. The number of ether oxygens (including phenoxy) is 3. The van der Waals surface area contributed by atoms with Crippen LogP contribution in [0.1, 0.15) is 27.9 Å². The van der Waals surface area contributed by atoms with Gasteiger partial charge in [-0.2, -0.15) is 0 Å². The molecule has 4 aromatic carbocycles. The van der Waals surface area contributed by atoms with Crippen LogP contribution < -0.4 is 25.0 Å². The van der Waals surface area contributed by atoms with Gasteiger partial charge in [0.1, 0.15) is 11.6 Å². The van der Waals surface area contributed by atoms with Crippen molar-refractivity contribution in [2.75, 3.05) is 39.7 Å². The fourth-order valence-corrected chi connectivity index (χ4v) is 5.13. The summed E-state index contributed by atoms with van der Waals surface area (Å²) in [5, 5.41) is 3.47. The summed E-state index contributed by atoms with van der Waals surface area (Å²) >= 11 is 0. The van der Waals surface area contributed by atoms with Crippen LogP contribution in [0.4, 0.5) is 10.1 Å². The van der Waals surface area contributed by atoms with E-state index in [0.29, 0.717) is 34.9 Å². The number of rotatable bonds is 11. The molecule has 0 aliphatic heterocycles. The molecule has 0 atom stereocenters. The van der Waals surface area contributed by atoms with Crippen LogP contribution in [0.2, 0.25) is 0 Å². The number of para-hydroxylation sites is 2. The second-order valence-corrected chi connectivity index (χ2v) is 10.4. The minimum absolute atomic E-state index is 0.0742. The fourth-order valence-electron chi connectivity index (χ4n) is 5.13. The normalized spacial score (nSPS) is 11.2. The summed E-state index contributed by atoms with van der Waals surface area (Å²) < 4.78 is 31.1. The molecule has 0 radical (unpaired) electrons. The average molecular weight is 584 g/mol. The van der Waals surface area contributed by atoms with Crippen molar-refractivity contribution >= 4 is 33.4 Å². The Bertz CT molecular complexity index is 1850. The molecule has 5 aromatic rings. The number of methoxy groups -OCH3 is 2. The van der Waals surface area contributed by atoms with Crippen LogP contribution in [0.15, 0.2) is 77.6 Å². The number of nitrogens with one attached hydrogen (secondary N) is 2. The highest BCUT2D eigenvalue weighted by atomic mass is 19.1. The molecule has 0 fully saturated rings. The molecule has 1 heterocycles. The van der Waals surface area contributed by atoms with Crippen LogP contribution in [0, 0.1) is 12.7 Å². The highest BCUT2D eigenvalue weighted by Crippen LogP contribution is 2.28. The predicted molar refractivity (Wildman–Crippen MR) is 167 cm³/mol. The van der Waals surface area contributed by atoms with Gasteiger partial charge in [-0.1, -0.05) is 18.2 Å². The summed E-state index contributed by atoms with van der Waals surface area (Å²) in [7, 11) is 5.31. The number of fused-ring (bicyclic) bond motifs is 2. The molecule has 2 N–H and O–H groups in total. The van der Waals surface area contributed by atoms with Crippen molar-refractivity contribution in [2.24, 2.45) is 0 Å². The number of aryl methyl sites for hydroxylation is 1. The molecular formula is C34H34FN3O5. The van der Waals surface area contributed by atoms with Crippen LogP contribution in [-0.4, -0.2) is 50.2 Å². The van der Waals surface area contributed by atoms with Crippen molar-refractivity contribution in [2.45, 2.75) is 19.9 Å². The third kappa shape index (κ3) is 6.47. The third-order valence-electron chi connectivity index (χ3n) is 7.36. The summed E-state index contributed by atoms with van der Waals surface area (Å²) in [5.41, 5.74) is 2.84. The second-order valence-electron chi connectivity index (χ2n) is 10.4. The van der Waals surface area contributed by atoms with E-state index in [-0.39, 0.29) is 27.4 Å². The zero-order chi connectivity index (χ0) is 30.5. The largest absolute Gasteiger partial charge is 0.494 e. The van der Waals surface area contributed by atoms with E-state index in [4.69, 9.17) is 14.2 Å². The van der Waals surface area contributed by atoms with Gasteiger partial charge in [-0.25, -0.2) is 4.39 Å². The Morgan fingerprint density at radius 3 is 2.42 bits per heavy atom. The zero-order valence-corrected chi connectivity index (χ0v) is 24.6. The number of H-pyrrole nitrogens is 1. The van der Waals surface area contributed by atoms with Crippen LogP contribution in [0.3, 0.4) is 0 Å². The van der Waals surface area contributed by atoms with E-state index >= 15 is 0 Å². The number of pyridine rings is 1. The number of aromatic amines is 1. The number of carbonyl (C=O) groups excluding carboxylic acids is 1. The summed E-state index contributed by atoms with van der Waals surface area (Å²) in [4.78, 5) is 31.5. The lowest BCUT2D eigenvalue weighted by atomic mass is 10.1. The lowest BCUT2D eigenvalue weighted by molar-refractivity contribution is 0.102. The summed E-state index contributed by atoms with van der Waals surface area (Å²) in [6, 6.07) is 20.6. The molecule has 9 heteroatoms. The van der Waals surface area contributed by atoms with Gasteiger partial charge in [-0.05, 0) is 86.1 Å².